The summed E-state index contributed by atoms with van der Waals surface area (Å²) in [5.74, 6) is 0.330. The average molecular weight is 269 g/mol. The Morgan fingerprint density at radius 3 is 2.61 bits per heavy atom. The van der Waals surface area contributed by atoms with Crippen molar-refractivity contribution in [3.63, 3.8) is 0 Å². The van der Waals surface area contributed by atoms with Crippen LogP contribution in [0.4, 0.5) is 5.69 Å². The first-order valence-corrected chi connectivity index (χ1v) is 6.25. The molecule has 2 N–H and O–H groups in total. The third kappa shape index (κ3) is 3.72. The number of carbonyl (C=O) groups excluding carboxylic acids is 1. The molecule has 100 valence electrons. The number of carbonyl (C=O) groups is 1. The summed E-state index contributed by atoms with van der Waals surface area (Å²) in [5, 5.41) is 6.33. The molecule has 1 fully saturated rings. The minimum Gasteiger partial charge on any atom is -0.326 e. The Morgan fingerprint density at radius 1 is 1.28 bits per heavy atom. The quantitative estimate of drug-likeness (QED) is 0.866. The van der Waals surface area contributed by atoms with Crippen LogP contribution in [-0.4, -0.2) is 19.0 Å². The second kappa shape index (κ2) is 6.76. The topological polar surface area (TPSA) is 41.1 Å². The van der Waals surface area contributed by atoms with Gasteiger partial charge in [0.15, 0.2) is 0 Å². The van der Waals surface area contributed by atoms with E-state index in [1.54, 1.807) is 0 Å². The van der Waals surface area contributed by atoms with Crippen LogP contribution in [0.2, 0.25) is 0 Å². The molecule has 0 aromatic heterocycles. The van der Waals surface area contributed by atoms with Crippen molar-refractivity contribution in [2.45, 2.75) is 26.7 Å². The van der Waals surface area contributed by atoms with Gasteiger partial charge in [0.2, 0.25) is 5.91 Å². The molecule has 4 heteroatoms. The van der Waals surface area contributed by atoms with Crippen molar-refractivity contribution in [2.75, 3.05) is 18.4 Å². The van der Waals surface area contributed by atoms with E-state index in [0.717, 1.165) is 37.2 Å². The fourth-order valence-electron chi connectivity index (χ4n) is 2.19. The first-order valence-electron chi connectivity index (χ1n) is 6.25. The van der Waals surface area contributed by atoms with Gasteiger partial charge in [-0.3, -0.25) is 4.79 Å². The van der Waals surface area contributed by atoms with Crippen LogP contribution in [0, 0.1) is 19.8 Å². The predicted molar refractivity (Wildman–Crippen MR) is 77.4 cm³/mol. The lowest BCUT2D eigenvalue weighted by atomic mass is 9.97. The van der Waals surface area contributed by atoms with Gasteiger partial charge < -0.3 is 10.6 Å². The molecule has 1 aliphatic rings. The normalized spacial score (nSPS) is 15.9. The lowest BCUT2D eigenvalue weighted by molar-refractivity contribution is -0.120. The molecule has 1 amide bonds. The third-order valence-electron chi connectivity index (χ3n) is 3.36. The minimum absolute atomic E-state index is 0. The molecular weight excluding hydrogens is 248 g/mol. The molecule has 2 rings (SSSR count). The fourth-order valence-corrected chi connectivity index (χ4v) is 2.19. The largest absolute Gasteiger partial charge is 0.326 e. The summed E-state index contributed by atoms with van der Waals surface area (Å²) in [5.41, 5.74) is 3.25. The van der Waals surface area contributed by atoms with Gasteiger partial charge in [0.1, 0.15) is 0 Å². The van der Waals surface area contributed by atoms with Crippen LogP contribution in [-0.2, 0) is 4.79 Å². The maximum Gasteiger partial charge on any atom is 0.227 e. The minimum atomic E-state index is 0. The van der Waals surface area contributed by atoms with Crippen LogP contribution in [0.3, 0.4) is 0 Å². The molecule has 0 spiro atoms. The van der Waals surface area contributed by atoms with Gasteiger partial charge in [0.25, 0.3) is 0 Å². The Labute approximate surface area is 115 Å². The van der Waals surface area contributed by atoms with Crippen molar-refractivity contribution >= 4 is 24.0 Å². The van der Waals surface area contributed by atoms with Crippen LogP contribution in [0.5, 0.6) is 0 Å². The molecule has 1 aromatic carbocycles. The molecule has 0 unspecified atom stereocenters. The van der Waals surface area contributed by atoms with E-state index in [4.69, 9.17) is 0 Å². The van der Waals surface area contributed by atoms with Gasteiger partial charge in [-0.25, -0.2) is 0 Å². The molecule has 1 saturated heterocycles. The third-order valence-corrected chi connectivity index (χ3v) is 3.36. The van der Waals surface area contributed by atoms with Crippen LogP contribution in [0.1, 0.15) is 24.0 Å². The van der Waals surface area contributed by atoms with Crippen molar-refractivity contribution in [3.8, 4) is 0 Å². The molecule has 0 bridgehead atoms. The highest BCUT2D eigenvalue weighted by atomic mass is 35.5. The number of nitrogens with one attached hydrogen (secondary N) is 2. The number of piperidine rings is 1. The highest BCUT2D eigenvalue weighted by Gasteiger charge is 2.21. The molecule has 1 aromatic rings. The summed E-state index contributed by atoms with van der Waals surface area (Å²) in [6.45, 7) is 5.97. The summed E-state index contributed by atoms with van der Waals surface area (Å²) in [6, 6.07) is 6.15. The van der Waals surface area contributed by atoms with Crippen LogP contribution in [0.25, 0.3) is 0 Å². The van der Waals surface area contributed by atoms with Gasteiger partial charge in [-0.15, -0.1) is 12.4 Å². The molecule has 1 aliphatic heterocycles. The van der Waals surface area contributed by atoms with E-state index in [-0.39, 0.29) is 24.2 Å². The molecule has 1 heterocycles. The van der Waals surface area contributed by atoms with Gasteiger partial charge in [0.05, 0.1) is 0 Å². The Morgan fingerprint density at radius 2 is 1.94 bits per heavy atom. The first-order chi connectivity index (χ1) is 8.16. The first kappa shape index (κ1) is 15.0. The van der Waals surface area contributed by atoms with E-state index in [9.17, 15) is 4.79 Å². The zero-order valence-corrected chi connectivity index (χ0v) is 11.8. The second-order valence-electron chi connectivity index (χ2n) is 4.83. The van der Waals surface area contributed by atoms with E-state index in [1.807, 2.05) is 26.0 Å². The number of amides is 1. The molecule has 0 aliphatic carbocycles. The highest BCUT2D eigenvalue weighted by molar-refractivity contribution is 5.93. The maximum absolute atomic E-state index is 12.1. The van der Waals surface area contributed by atoms with E-state index in [0.29, 0.717) is 0 Å². The van der Waals surface area contributed by atoms with Crippen molar-refractivity contribution < 1.29 is 4.79 Å². The van der Waals surface area contributed by atoms with E-state index >= 15 is 0 Å². The van der Waals surface area contributed by atoms with E-state index in [2.05, 4.69) is 16.7 Å². The molecule has 0 saturated carbocycles. The number of rotatable bonds is 2. The van der Waals surface area contributed by atoms with E-state index in [1.165, 1.54) is 5.56 Å². The zero-order chi connectivity index (χ0) is 12.3. The van der Waals surface area contributed by atoms with Crippen LogP contribution < -0.4 is 10.6 Å². The predicted octanol–water partition coefficient (Wildman–Crippen LogP) is 2.66. The van der Waals surface area contributed by atoms with Crippen LogP contribution in [0.15, 0.2) is 18.2 Å². The molecule has 18 heavy (non-hydrogen) atoms. The lowest BCUT2D eigenvalue weighted by Crippen LogP contribution is -2.34. The summed E-state index contributed by atoms with van der Waals surface area (Å²) >= 11 is 0. The number of aryl methyl sites for hydroxylation is 2. The number of benzene rings is 1. The zero-order valence-electron chi connectivity index (χ0n) is 11.0. The lowest BCUT2D eigenvalue weighted by Gasteiger charge is -2.22. The van der Waals surface area contributed by atoms with Gasteiger partial charge in [-0.2, -0.15) is 0 Å². The van der Waals surface area contributed by atoms with Crippen molar-refractivity contribution in [3.05, 3.63) is 29.3 Å². The van der Waals surface area contributed by atoms with Gasteiger partial charge >= 0.3 is 0 Å². The molecule has 0 atom stereocenters. The Hall–Kier alpha value is -1.06. The van der Waals surface area contributed by atoms with Crippen molar-refractivity contribution in [2.24, 2.45) is 5.92 Å². The summed E-state index contributed by atoms with van der Waals surface area (Å²) in [7, 11) is 0. The summed E-state index contributed by atoms with van der Waals surface area (Å²) < 4.78 is 0. The van der Waals surface area contributed by atoms with Crippen molar-refractivity contribution in [1.29, 1.82) is 0 Å². The maximum atomic E-state index is 12.1. The monoisotopic (exact) mass is 268 g/mol. The average Bonchev–Trinajstić information content (AvgIpc) is 2.35. The van der Waals surface area contributed by atoms with Crippen molar-refractivity contribution in [1.82, 2.24) is 5.32 Å². The smallest absolute Gasteiger partial charge is 0.227 e. The van der Waals surface area contributed by atoms with E-state index < -0.39 is 0 Å². The Kier molecular flexibility index (Phi) is 5.63. The van der Waals surface area contributed by atoms with Gasteiger partial charge in [-0.05, 0) is 57.0 Å². The number of hydrogen-bond acceptors (Lipinski definition) is 2. The summed E-state index contributed by atoms with van der Waals surface area (Å²) in [6.07, 6.45) is 1.88. The standard InChI is InChI=1S/C14H20N2O.ClH/c1-10-3-4-11(2)13(9-10)16-14(17)12-5-7-15-8-6-12;/h3-4,9,12,15H,5-8H2,1-2H3,(H,16,17);1H. The number of halogens is 1. The molecule has 3 nitrogen and oxygen atoms in total. The van der Waals surface area contributed by atoms with Crippen LogP contribution >= 0.6 is 12.4 Å². The number of anilines is 1. The van der Waals surface area contributed by atoms with Gasteiger partial charge in [-0.1, -0.05) is 12.1 Å². The fraction of sp³-hybridized carbons (Fsp3) is 0.500. The highest BCUT2D eigenvalue weighted by Crippen LogP contribution is 2.19. The molecular formula is C14H21ClN2O. The molecule has 0 radical (unpaired) electrons. The second-order valence-corrected chi connectivity index (χ2v) is 4.83. The SMILES string of the molecule is Cc1ccc(C)c(NC(=O)C2CCNCC2)c1.Cl. The number of hydrogen-bond donors (Lipinski definition) is 2. The Bertz CT molecular complexity index is 414. The Balaban J connectivity index is 0.00000162. The summed E-state index contributed by atoms with van der Waals surface area (Å²) in [4.78, 5) is 12.1. The van der Waals surface area contributed by atoms with Gasteiger partial charge in [0, 0.05) is 11.6 Å².